The molecule has 0 saturated carbocycles. The number of ketones is 2. The molecule has 0 aliphatic carbocycles. The molecule has 1 aliphatic heterocycles. The van der Waals surface area contributed by atoms with Gasteiger partial charge < -0.3 is 14.3 Å². The van der Waals surface area contributed by atoms with Crippen LogP contribution in [0.2, 0.25) is 0 Å². The first-order valence-corrected chi connectivity index (χ1v) is 13.1. The molecule has 39 heavy (non-hydrogen) atoms. The Morgan fingerprint density at radius 1 is 1.05 bits per heavy atom. The molecule has 1 fully saturated rings. The van der Waals surface area contributed by atoms with E-state index in [2.05, 4.69) is 4.98 Å². The van der Waals surface area contributed by atoms with Crippen molar-refractivity contribution in [3.8, 4) is 5.75 Å². The number of anilines is 1. The molecule has 1 aliphatic rings. The zero-order valence-corrected chi connectivity index (χ0v) is 22.7. The summed E-state index contributed by atoms with van der Waals surface area (Å²) in [7, 11) is 0. The van der Waals surface area contributed by atoms with Crippen molar-refractivity contribution in [2.45, 2.75) is 40.3 Å². The third-order valence-electron chi connectivity index (χ3n) is 6.57. The number of carbonyl (C=O) groups is 3. The van der Waals surface area contributed by atoms with E-state index in [9.17, 15) is 19.5 Å². The van der Waals surface area contributed by atoms with E-state index >= 15 is 0 Å². The Balaban J connectivity index is 1.52. The summed E-state index contributed by atoms with van der Waals surface area (Å²) in [6, 6.07) is 16.9. The van der Waals surface area contributed by atoms with Gasteiger partial charge in [0.1, 0.15) is 35.7 Å². The summed E-state index contributed by atoms with van der Waals surface area (Å²) in [5.41, 5.74) is 2.85. The van der Waals surface area contributed by atoms with E-state index in [4.69, 9.17) is 9.15 Å². The molecular formula is C30H26N2O6S. The molecule has 3 heterocycles. The second-order valence-corrected chi connectivity index (χ2v) is 10.3. The lowest BCUT2D eigenvalue weighted by molar-refractivity contribution is -0.132. The fourth-order valence-corrected chi connectivity index (χ4v) is 5.50. The number of aliphatic hydroxyl groups is 1. The normalized spacial score (nSPS) is 16.6. The zero-order chi connectivity index (χ0) is 27.8. The third-order valence-corrected chi connectivity index (χ3v) is 7.83. The first-order chi connectivity index (χ1) is 18.7. The van der Waals surface area contributed by atoms with Crippen LogP contribution in [0.25, 0.3) is 5.76 Å². The van der Waals surface area contributed by atoms with Gasteiger partial charge in [-0.05, 0) is 68.3 Å². The molecule has 198 valence electrons. The number of Topliss-reactive ketones (excluding diaryl/α,β-unsaturated/α-hetero) is 2. The lowest BCUT2D eigenvalue weighted by Crippen LogP contribution is -2.29. The average molecular weight is 543 g/mol. The Labute approximate surface area is 229 Å². The Morgan fingerprint density at radius 2 is 1.77 bits per heavy atom. The molecule has 1 N–H and O–H groups in total. The van der Waals surface area contributed by atoms with Crippen molar-refractivity contribution in [1.29, 1.82) is 0 Å². The number of carbonyl (C=O) groups excluding carboxylic acids is 3. The van der Waals surface area contributed by atoms with Gasteiger partial charge in [-0.1, -0.05) is 35.6 Å². The zero-order valence-electron chi connectivity index (χ0n) is 21.8. The highest BCUT2D eigenvalue weighted by atomic mass is 32.1. The third kappa shape index (κ3) is 4.88. The molecule has 0 bridgehead atoms. The first kappa shape index (κ1) is 26.1. The average Bonchev–Trinajstić information content (AvgIpc) is 3.59. The minimum atomic E-state index is -1.05. The second-order valence-electron chi connectivity index (χ2n) is 9.32. The van der Waals surface area contributed by atoms with E-state index in [1.165, 1.54) is 11.8 Å². The number of rotatable bonds is 7. The molecule has 1 atom stereocenters. The first-order valence-electron chi connectivity index (χ1n) is 12.3. The number of aliphatic hydroxyl groups excluding tert-OH is 1. The highest BCUT2D eigenvalue weighted by Crippen LogP contribution is 2.44. The smallest absolute Gasteiger partial charge is 0.302 e. The number of nitrogens with zero attached hydrogens (tertiary/aromatic N) is 2. The molecular weight excluding hydrogens is 516 g/mol. The highest BCUT2D eigenvalue weighted by Gasteiger charge is 2.49. The minimum Gasteiger partial charge on any atom is -0.507 e. The number of amides is 1. The largest absolute Gasteiger partial charge is 0.507 e. The van der Waals surface area contributed by atoms with Crippen molar-refractivity contribution >= 4 is 39.7 Å². The van der Waals surface area contributed by atoms with Gasteiger partial charge in [-0.25, -0.2) is 4.98 Å². The van der Waals surface area contributed by atoms with Gasteiger partial charge in [-0.2, -0.15) is 0 Å². The summed E-state index contributed by atoms with van der Waals surface area (Å²) in [5, 5.41) is 11.5. The molecule has 4 aromatic rings. The summed E-state index contributed by atoms with van der Waals surface area (Å²) in [6.07, 6.45) is 0. The van der Waals surface area contributed by atoms with Crippen LogP contribution in [0, 0.1) is 20.8 Å². The summed E-state index contributed by atoms with van der Waals surface area (Å²) in [6.45, 7) is 7.23. The molecule has 9 heteroatoms. The van der Waals surface area contributed by atoms with Crippen LogP contribution in [0.15, 0.2) is 70.7 Å². The van der Waals surface area contributed by atoms with Gasteiger partial charge in [0.2, 0.25) is 0 Å². The fourth-order valence-electron chi connectivity index (χ4n) is 4.51. The fraction of sp³-hybridized carbons (Fsp3) is 0.200. The summed E-state index contributed by atoms with van der Waals surface area (Å²) < 4.78 is 11.7. The quantitative estimate of drug-likeness (QED) is 0.131. The molecule has 1 unspecified atom stereocenters. The molecule has 1 amide bonds. The van der Waals surface area contributed by atoms with Crippen LogP contribution < -0.4 is 9.64 Å². The topological polar surface area (TPSA) is 110 Å². The molecule has 5 rings (SSSR count). The molecule has 2 aromatic heterocycles. The van der Waals surface area contributed by atoms with Crippen molar-refractivity contribution in [3.05, 3.63) is 105 Å². The van der Waals surface area contributed by atoms with Crippen LogP contribution in [0.3, 0.4) is 0 Å². The number of aromatic nitrogens is 1. The summed E-state index contributed by atoms with van der Waals surface area (Å²) in [5.74, 6) is -0.817. The number of benzene rings is 2. The Morgan fingerprint density at radius 3 is 2.38 bits per heavy atom. The van der Waals surface area contributed by atoms with Crippen molar-refractivity contribution < 1.29 is 28.6 Å². The predicted octanol–water partition coefficient (Wildman–Crippen LogP) is 6.07. The van der Waals surface area contributed by atoms with Crippen molar-refractivity contribution in [2.75, 3.05) is 4.90 Å². The van der Waals surface area contributed by atoms with E-state index in [1.54, 1.807) is 50.2 Å². The van der Waals surface area contributed by atoms with Crippen LogP contribution >= 0.6 is 11.3 Å². The van der Waals surface area contributed by atoms with E-state index < -0.39 is 17.7 Å². The van der Waals surface area contributed by atoms with Gasteiger partial charge in [0, 0.05) is 12.5 Å². The van der Waals surface area contributed by atoms with E-state index in [1.807, 2.05) is 31.2 Å². The van der Waals surface area contributed by atoms with Crippen molar-refractivity contribution in [3.63, 3.8) is 0 Å². The SMILES string of the molecule is CC(=O)c1sc(N2C(=O)C(=O)C(=C(O)c3ccc(OCc4ccccc4C)cc3)C2c2ccc(C)o2)nc1C. The van der Waals surface area contributed by atoms with Crippen LogP contribution in [0.1, 0.15) is 56.5 Å². The standard InChI is InChI=1S/C30H26N2O6S/c1-16-7-5-6-8-21(16)15-37-22-12-10-20(11-13-22)26(34)24-25(23-14-9-17(2)38-23)32(29(36)27(24)35)30-31-18(3)28(39-30)19(4)33/h5-14,25,34H,15H2,1-4H3. The second kappa shape index (κ2) is 10.3. The van der Waals surface area contributed by atoms with E-state index in [0.29, 0.717) is 40.0 Å². The summed E-state index contributed by atoms with van der Waals surface area (Å²) >= 11 is 1.02. The Hall–Kier alpha value is -4.50. The maximum atomic E-state index is 13.3. The van der Waals surface area contributed by atoms with Crippen LogP contribution in [-0.4, -0.2) is 27.6 Å². The molecule has 2 aromatic carbocycles. The highest BCUT2D eigenvalue weighted by molar-refractivity contribution is 7.18. The van der Waals surface area contributed by atoms with Crippen LogP contribution in [0.4, 0.5) is 5.13 Å². The maximum absolute atomic E-state index is 13.3. The number of hydrogen-bond donors (Lipinski definition) is 1. The number of hydrogen-bond acceptors (Lipinski definition) is 8. The van der Waals surface area contributed by atoms with Gasteiger partial charge >= 0.3 is 5.91 Å². The lowest BCUT2D eigenvalue weighted by Gasteiger charge is -2.20. The van der Waals surface area contributed by atoms with Gasteiger partial charge in [0.05, 0.1) is 16.1 Å². The number of thiazole rings is 1. The molecule has 0 radical (unpaired) electrons. The summed E-state index contributed by atoms with van der Waals surface area (Å²) in [4.78, 5) is 44.6. The monoisotopic (exact) mass is 542 g/mol. The number of furan rings is 1. The van der Waals surface area contributed by atoms with E-state index in [-0.39, 0.29) is 22.2 Å². The Bertz CT molecular complexity index is 1630. The number of ether oxygens (including phenoxy) is 1. The Kier molecular flexibility index (Phi) is 6.93. The van der Waals surface area contributed by atoms with Crippen LogP contribution in [-0.2, 0) is 16.2 Å². The van der Waals surface area contributed by atoms with Gasteiger partial charge in [0.15, 0.2) is 10.9 Å². The maximum Gasteiger partial charge on any atom is 0.302 e. The minimum absolute atomic E-state index is 0.125. The van der Waals surface area contributed by atoms with Crippen molar-refractivity contribution in [2.24, 2.45) is 0 Å². The van der Waals surface area contributed by atoms with Crippen LogP contribution in [0.5, 0.6) is 5.75 Å². The predicted molar refractivity (Wildman–Crippen MR) is 147 cm³/mol. The molecule has 1 saturated heterocycles. The van der Waals surface area contributed by atoms with Gasteiger partial charge in [0.25, 0.3) is 5.78 Å². The van der Waals surface area contributed by atoms with E-state index in [0.717, 1.165) is 22.5 Å². The van der Waals surface area contributed by atoms with Crippen molar-refractivity contribution in [1.82, 2.24) is 4.98 Å². The molecule has 8 nitrogen and oxygen atoms in total. The van der Waals surface area contributed by atoms with Gasteiger partial charge in [-0.3, -0.25) is 19.3 Å². The molecule has 0 spiro atoms. The van der Waals surface area contributed by atoms with Gasteiger partial charge in [-0.15, -0.1) is 0 Å². The lowest BCUT2D eigenvalue weighted by atomic mass is 9.99. The number of aryl methyl sites for hydroxylation is 3.